The Labute approximate surface area is 101 Å². The molecule has 5 heteroatoms. The van der Waals surface area contributed by atoms with Crippen molar-refractivity contribution in [1.29, 1.82) is 0 Å². The van der Waals surface area contributed by atoms with Gasteiger partial charge in [0.25, 0.3) is 0 Å². The number of nitrogens with zero attached hydrogens (tertiary/aromatic N) is 3. The van der Waals surface area contributed by atoms with E-state index in [1.165, 1.54) is 25.7 Å². The number of nitrogens with two attached hydrogens (primary N) is 1. The Morgan fingerprint density at radius 3 is 3.00 bits per heavy atom. The molecule has 0 spiro atoms. The number of rotatable bonds is 4. The van der Waals surface area contributed by atoms with Crippen LogP contribution in [0.15, 0.2) is 4.52 Å². The van der Waals surface area contributed by atoms with Crippen LogP contribution >= 0.6 is 0 Å². The van der Waals surface area contributed by atoms with Gasteiger partial charge in [0.1, 0.15) is 0 Å². The van der Waals surface area contributed by atoms with Crippen molar-refractivity contribution in [3.63, 3.8) is 0 Å². The van der Waals surface area contributed by atoms with E-state index in [9.17, 15) is 0 Å². The van der Waals surface area contributed by atoms with Gasteiger partial charge in [-0.1, -0.05) is 5.16 Å². The average Bonchev–Trinajstić information content (AvgIpc) is 3.11. The van der Waals surface area contributed by atoms with Crippen molar-refractivity contribution in [1.82, 2.24) is 15.0 Å². The summed E-state index contributed by atoms with van der Waals surface area (Å²) in [5, 5.41) is 4.05. The average molecular weight is 236 g/mol. The van der Waals surface area contributed by atoms with Gasteiger partial charge in [0.05, 0.1) is 6.54 Å². The van der Waals surface area contributed by atoms with Crippen molar-refractivity contribution < 1.29 is 4.52 Å². The molecule has 17 heavy (non-hydrogen) atoms. The zero-order valence-electron chi connectivity index (χ0n) is 10.1. The zero-order chi connectivity index (χ0) is 11.7. The van der Waals surface area contributed by atoms with Crippen LogP contribution in [0.2, 0.25) is 0 Å². The molecule has 94 valence electrons. The molecule has 1 atom stereocenters. The van der Waals surface area contributed by atoms with Crippen molar-refractivity contribution >= 4 is 0 Å². The summed E-state index contributed by atoms with van der Waals surface area (Å²) in [5.74, 6) is 2.89. The third kappa shape index (κ3) is 2.66. The molecule has 2 aliphatic rings. The summed E-state index contributed by atoms with van der Waals surface area (Å²) in [6.45, 7) is 3.76. The van der Waals surface area contributed by atoms with Crippen molar-refractivity contribution in [3.8, 4) is 0 Å². The van der Waals surface area contributed by atoms with E-state index < -0.39 is 0 Å². The Morgan fingerprint density at radius 2 is 2.24 bits per heavy atom. The third-order valence-electron chi connectivity index (χ3n) is 3.72. The summed E-state index contributed by atoms with van der Waals surface area (Å²) < 4.78 is 5.30. The van der Waals surface area contributed by atoms with Gasteiger partial charge in [-0.05, 0) is 44.7 Å². The fraction of sp³-hybridized carbons (Fsp3) is 0.833. The Bertz CT molecular complexity index is 374. The van der Waals surface area contributed by atoms with Crippen LogP contribution in [0, 0.1) is 5.92 Å². The molecule has 2 heterocycles. The SMILES string of the molecule is NCC1CCCN(Cc2nc(C3CC3)no2)C1. The maximum atomic E-state index is 5.73. The molecule has 1 aliphatic heterocycles. The van der Waals surface area contributed by atoms with E-state index in [0.29, 0.717) is 11.8 Å². The van der Waals surface area contributed by atoms with E-state index in [1.807, 2.05) is 0 Å². The monoisotopic (exact) mass is 236 g/mol. The van der Waals surface area contributed by atoms with Crippen LogP contribution in [0.5, 0.6) is 0 Å². The molecule has 0 amide bonds. The van der Waals surface area contributed by atoms with Gasteiger partial charge < -0.3 is 10.3 Å². The molecule has 1 aromatic heterocycles. The van der Waals surface area contributed by atoms with Crippen LogP contribution in [0.3, 0.4) is 0 Å². The van der Waals surface area contributed by atoms with Gasteiger partial charge in [0, 0.05) is 12.5 Å². The second-order valence-corrected chi connectivity index (χ2v) is 5.30. The molecule has 0 aromatic carbocycles. The summed E-state index contributed by atoms with van der Waals surface area (Å²) in [6, 6.07) is 0. The molecule has 5 nitrogen and oxygen atoms in total. The van der Waals surface area contributed by atoms with Gasteiger partial charge in [-0.25, -0.2) is 0 Å². The van der Waals surface area contributed by atoms with Crippen LogP contribution < -0.4 is 5.73 Å². The highest BCUT2D eigenvalue weighted by Gasteiger charge is 2.29. The largest absolute Gasteiger partial charge is 0.338 e. The van der Waals surface area contributed by atoms with Crippen molar-refractivity contribution in [2.75, 3.05) is 19.6 Å². The molecule has 0 radical (unpaired) electrons. The standard InChI is InChI=1S/C12H20N4O/c13-6-9-2-1-5-16(7-9)8-11-14-12(15-17-11)10-3-4-10/h9-10H,1-8,13H2. The number of aromatic nitrogens is 2. The Hall–Kier alpha value is -0.940. The lowest BCUT2D eigenvalue weighted by molar-refractivity contribution is 0.153. The molecule has 1 saturated carbocycles. The smallest absolute Gasteiger partial charge is 0.240 e. The summed E-state index contributed by atoms with van der Waals surface area (Å²) in [4.78, 5) is 6.85. The van der Waals surface area contributed by atoms with Crippen LogP contribution in [-0.2, 0) is 6.54 Å². The quantitative estimate of drug-likeness (QED) is 0.848. The highest BCUT2D eigenvalue weighted by atomic mass is 16.5. The fourth-order valence-electron chi connectivity index (χ4n) is 2.52. The van der Waals surface area contributed by atoms with Gasteiger partial charge >= 0.3 is 0 Å². The predicted octanol–water partition coefficient (Wildman–Crippen LogP) is 1.12. The molecule has 1 aromatic rings. The predicted molar refractivity (Wildman–Crippen MR) is 63.3 cm³/mol. The molecular formula is C12H20N4O. The fourth-order valence-corrected chi connectivity index (χ4v) is 2.52. The Morgan fingerprint density at radius 1 is 1.35 bits per heavy atom. The van der Waals surface area contributed by atoms with Crippen LogP contribution in [-0.4, -0.2) is 34.7 Å². The molecule has 3 rings (SSSR count). The zero-order valence-corrected chi connectivity index (χ0v) is 10.1. The maximum Gasteiger partial charge on any atom is 0.240 e. The van der Waals surface area contributed by atoms with E-state index in [2.05, 4.69) is 15.0 Å². The summed E-state index contributed by atoms with van der Waals surface area (Å²) in [6.07, 6.45) is 4.92. The van der Waals surface area contributed by atoms with E-state index in [4.69, 9.17) is 10.3 Å². The normalized spacial score (nSPS) is 26.3. The first-order valence-electron chi connectivity index (χ1n) is 6.60. The number of hydrogen-bond donors (Lipinski definition) is 1. The van der Waals surface area contributed by atoms with Crippen molar-refractivity contribution in [2.24, 2.45) is 11.7 Å². The van der Waals surface area contributed by atoms with Crippen molar-refractivity contribution in [2.45, 2.75) is 38.1 Å². The first-order valence-corrected chi connectivity index (χ1v) is 6.60. The van der Waals surface area contributed by atoms with Gasteiger partial charge in [0.15, 0.2) is 5.82 Å². The van der Waals surface area contributed by atoms with Gasteiger partial charge in [-0.3, -0.25) is 4.90 Å². The summed E-state index contributed by atoms with van der Waals surface area (Å²) in [7, 11) is 0. The molecule has 0 bridgehead atoms. The van der Waals surface area contributed by atoms with E-state index in [0.717, 1.165) is 37.9 Å². The highest BCUT2D eigenvalue weighted by Crippen LogP contribution is 2.38. The van der Waals surface area contributed by atoms with Crippen LogP contribution in [0.25, 0.3) is 0 Å². The van der Waals surface area contributed by atoms with Gasteiger partial charge in [-0.2, -0.15) is 4.98 Å². The summed E-state index contributed by atoms with van der Waals surface area (Å²) >= 11 is 0. The second kappa shape index (κ2) is 4.74. The number of piperidine rings is 1. The third-order valence-corrected chi connectivity index (χ3v) is 3.72. The van der Waals surface area contributed by atoms with Gasteiger partial charge in [0.2, 0.25) is 5.89 Å². The lowest BCUT2D eigenvalue weighted by Gasteiger charge is -2.30. The Kier molecular flexibility index (Phi) is 3.11. The van der Waals surface area contributed by atoms with Crippen molar-refractivity contribution in [3.05, 3.63) is 11.7 Å². The maximum absolute atomic E-state index is 5.73. The molecule has 2 N–H and O–H groups in total. The lowest BCUT2D eigenvalue weighted by atomic mass is 9.98. The van der Waals surface area contributed by atoms with E-state index in [-0.39, 0.29) is 0 Å². The molecule has 1 aliphatic carbocycles. The first kappa shape index (κ1) is 11.2. The Balaban J connectivity index is 1.57. The first-order chi connectivity index (χ1) is 8.35. The highest BCUT2D eigenvalue weighted by molar-refractivity contribution is 5.03. The van der Waals surface area contributed by atoms with Gasteiger partial charge in [-0.15, -0.1) is 0 Å². The lowest BCUT2D eigenvalue weighted by Crippen LogP contribution is -2.37. The molecule has 2 fully saturated rings. The minimum Gasteiger partial charge on any atom is -0.338 e. The minimum absolute atomic E-state index is 0.575. The number of hydrogen-bond acceptors (Lipinski definition) is 5. The minimum atomic E-state index is 0.575. The molecular weight excluding hydrogens is 216 g/mol. The molecule has 1 unspecified atom stereocenters. The van der Waals surface area contributed by atoms with Crippen LogP contribution in [0.4, 0.5) is 0 Å². The topological polar surface area (TPSA) is 68.2 Å². The second-order valence-electron chi connectivity index (χ2n) is 5.30. The molecule has 1 saturated heterocycles. The number of likely N-dealkylation sites (tertiary alicyclic amines) is 1. The van der Waals surface area contributed by atoms with Crippen LogP contribution in [0.1, 0.15) is 43.3 Å². The van der Waals surface area contributed by atoms with E-state index in [1.54, 1.807) is 0 Å². The summed E-state index contributed by atoms with van der Waals surface area (Å²) in [5.41, 5.74) is 5.73. The van der Waals surface area contributed by atoms with E-state index >= 15 is 0 Å².